The second-order valence-corrected chi connectivity index (χ2v) is 13.7. The van der Waals surface area contributed by atoms with E-state index >= 15 is 0 Å². The zero-order chi connectivity index (χ0) is 54.7. The number of ketones is 4. The van der Waals surface area contributed by atoms with Crippen LogP contribution in [0.4, 0.5) is 0 Å². The zero-order valence-electron chi connectivity index (χ0n) is 44.7. The SMILES string of the molecule is [2H]C1=C([2H])C([2H])=C2C(=C(O)C3=C(O)C4([2H])C(=O)C(C(N)=O)=C(O)C([2H])([2H])C4CC3([2H])[C@]2(C)O)C1=O.[2H]OC1=C2C(=O)c3c(O[2H])cccc3[C@@](C)(O[2H])C2([2H])CC2C([2H])([2H])C(O)=C(C(=O)N([2H])[2H])C(=O)C12[2H]. The number of carbonyl (C=O) groups excluding carboxylic acids is 6. The Morgan fingerprint density at radius 1 is 0.893 bits per heavy atom. The lowest BCUT2D eigenvalue weighted by molar-refractivity contribution is -0.128. The molecule has 12 N–H and O–H groups in total. The predicted octanol–water partition coefficient (Wildman–Crippen LogP) is 2.09. The Morgan fingerprint density at radius 3 is 2.07 bits per heavy atom. The minimum Gasteiger partial charge on any atom is -0.511 e. The van der Waals surface area contributed by atoms with Gasteiger partial charge in [0.25, 0.3) is 14.7 Å². The van der Waals surface area contributed by atoms with E-state index in [1.54, 1.807) is 0 Å². The molecule has 1 aromatic rings. The Morgan fingerprint density at radius 2 is 1.50 bits per heavy atom. The fraction of sp³-hybridized carbons (Fsp3) is 0.350. The van der Waals surface area contributed by atoms with Crippen molar-refractivity contribution in [1.29, 1.82) is 4.29 Å². The molecule has 0 bridgehead atoms. The van der Waals surface area contributed by atoms with Crippen LogP contribution in [0.3, 0.4) is 0 Å². The number of benzene rings is 1. The molecule has 8 rings (SSSR count). The summed E-state index contributed by atoms with van der Waals surface area (Å²) in [4.78, 5) is 77.4. The molecule has 0 radical (unpaired) electrons. The van der Waals surface area contributed by atoms with Gasteiger partial charge < -0.3 is 52.3 Å². The summed E-state index contributed by atoms with van der Waals surface area (Å²) in [6.07, 6.45) is -8.21. The number of hydrogen-bond acceptors (Lipinski definition) is 14. The summed E-state index contributed by atoms with van der Waals surface area (Å²) in [5.74, 6) is -31.9. The summed E-state index contributed by atoms with van der Waals surface area (Å²) in [5.41, 5.74) is -7.07. The van der Waals surface area contributed by atoms with Gasteiger partial charge in [-0.15, -0.1) is 0 Å². The molecule has 0 aromatic heterocycles. The standard InChI is InChI=1S/2C20H19NO7/c2*1-20(28)8-3-2-4-10(22)13(8)18(26)14-9(20)5-7-6-11(23)15(19(21)27)17(25)12(7)16(14)24/h2-4,7,9,12,23-24,26,28H,5-6H2,1H3,(H2,21,27);2-4,7,9,12,22-24,28H,5-6H2,1H3,(H2,21,27)/t2*7?,9?,12?,20-/m11/s1/i2D,3D,4D,6D2,9D,12D;6D2,9D,12D,28D/hD4. The number of allylic oxidation sites excluding steroid dienone is 8. The molecule has 0 heterocycles. The third-order valence-corrected chi connectivity index (χ3v) is 10.5. The second-order valence-electron chi connectivity index (χ2n) is 13.7. The molecule has 56 heavy (non-hydrogen) atoms. The van der Waals surface area contributed by atoms with E-state index in [-0.39, 0.29) is 16.9 Å². The van der Waals surface area contributed by atoms with E-state index < -0.39 is 193 Å². The number of fused-ring (bicyclic) bond motifs is 6. The summed E-state index contributed by atoms with van der Waals surface area (Å²) in [5, 5.41) is 68.6. The summed E-state index contributed by atoms with van der Waals surface area (Å²) in [6, 6.07) is 1.06. The van der Waals surface area contributed by atoms with E-state index in [1.165, 1.54) is 25.1 Å². The van der Waals surface area contributed by atoms with Crippen LogP contribution < -0.4 is 11.5 Å². The van der Waals surface area contributed by atoms with Crippen molar-refractivity contribution >= 4 is 34.9 Å². The molecule has 292 valence electrons. The fourth-order valence-electron chi connectivity index (χ4n) is 7.93. The van der Waals surface area contributed by atoms with Crippen molar-refractivity contribution in [2.24, 2.45) is 46.9 Å². The van der Waals surface area contributed by atoms with Crippen LogP contribution in [0.5, 0.6) is 5.75 Å². The molecule has 8 atom stereocenters. The molecule has 0 fully saturated rings. The van der Waals surface area contributed by atoms with E-state index in [2.05, 4.69) is 10.2 Å². The monoisotopic (exact) mass is 786 g/mol. The van der Waals surface area contributed by atoms with Crippen molar-refractivity contribution in [1.82, 2.24) is 0 Å². The largest absolute Gasteiger partial charge is 0.511 e. The molecule has 0 saturated carbocycles. The summed E-state index contributed by atoms with van der Waals surface area (Å²) < 4.78 is 131. The number of primary amides is 2. The molecule has 16 heteroatoms. The highest BCUT2D eigenvalue weighted by atomic mass is 16.3. The molecular weight excluding hydrogens is 732 g/mol. The van der Waals surface area contributed by atoms with E-state index in [1.807, 2.05) is 0 Å². The van der Waals surface area contributed by atoms with Crippen LogP contribution in [0.2, 0.25) is 2.82 Å². The number of aliphatic hydroxyl groups excluding tert-OH is 5. The maximum absolute atomic E-state index is 13.8. The minimum absolute atomic E-state index is 0.102. The molecular formula is C40H38N2O14. The molecule has 16 nitrogen and oxygen atoms in total. The number of rotatable bonds is 5. The zero-order valence-corrected chi connectivity index (χ0v) is 28.7. The smallest absolute Gasteiger partial charge is 0.293 e. The van der Waals surface area contributed by atoms with Crippen molar-refractivity contribution in [2.75, 3.05) is 0 Å². The molecule has 0 saturated heterocycles. The van der Waals surface area contributed by atoms with Gasteiger partial charge in [0, 0.05) is 46.6 Å². The second kappa shape index (κ2) is 12.6. The van der Waals surface area contributed by atoms with Gasteiger partial charge in [0.2, 0.25) is 1.43 Å². The van der Waals surface area contributed by atoms with Gasteiger partial charge in [-0.25, -0.2) is 0 Å². The normalized spacial score (nSPS) is 44.8. The first-order chi connectivity index (χ1) is 32.9. The van der Waals surface area contributed by atoms with Gasteiger partial charge in [0.05, 0.1) is 38.2 Å². The number of hydrogen-bond donors (Lipinski definition) is 10. The molecule has 2 amide bonds. The quantitative estimate of drug-likeness (QED) is 0.191. The summed E-state index contributed by atoms with van der Waals surface area (Å²) >= 11 is 0. The third-order valence-electron chi connectivity index (χ3n) is 10.5. The Bertz CT molecular complexity index is 3050. The number of aromatic hydroxyl groups is 1. The van der Waals surface area contributed by atoms with Crippen LogP contribution in [0.15, 0.2) is 98.6 Å². The maximum atomic E-state index is 13.8. The average Bonchev–Trinajstić information content (AvgIpc) is 3.30. The van der Waals surface area contributed by atoms with Crippen LogP contribution in [0.1, 0.15) is 70.4 Å². The van der Waals surface area contributed by atoms with Gasteiger partial charge in [0.15, 0.2) is 26.0 Å². The first-order valence-electron chi connectivity index (χ1n) is 24.0. The maximum Gasteiger partial charge on any atom is 0.293 e. The number of aliphatic hydroxyl groups is 7. The summed E-state index contributed by atoms with van der Waals surface area (Å²) in [7, 11) is 0. The van der Waals surface area contributed by atoms with Crippen molar-refractivity contribution in [3.8, 4) is 5.75 Å². The van der Waals surface area contributed by atoms with Crippen molar-refractivity contribution in [3.05, 3.63) is 110 Å². The Labute approximate surface area is 340 Å². The molecule has 7 aliphatic rings. The predicted molar refractivity (Wildman–Crippen MR) is 191 cm³/mol. The fourth-order valence-corrected chi connectivity index (χ4v) is 7.93. The van der Waals surface area contributed by atoms with Crippen LogP contribution in [-0.2, 0) is 29.6 Å². The molecule has 6 unspecified atom stereocenters. The van der Waals surface area contributed by atoms with Crippen molar-refractivity contribution in [2.45, 2.75) is 50.6 Å². The highest BCUT2D eigenvalue weighted by Crippen LogP contribution is 2.56. The summed E-state index contributed by atoms with van der Waals surface area (Å²) in [6.45, 7) is 2.11. The number of phenolic OH excluding ortho intramolecular Hbond substituents is 1. The Hall–Kier alpha value is -6.26. The lowest BCUT2D eigenvalue weighted by atomic mass is 9.58. The van der Waals surface area contributed by atoms with Gasteiger partial charge in [0.1, 0.15) is 45.7 Å². The average molecular weight is 787 g/mol. The van der Waals surface area contributed by atoms with Gasteiger partial charge in [-0.3, -0.25) is 28.8 Å². The number of carbonyl (C=O) groups is 6. The highest BCUT2D eigenvalue weighted by molar-refractivity contribution is 6.22. The molecule has 0 spiro atoms. The highest BCUT2D eigenvalue weighted by Gasteiger charge is 2.57. The van der Waals surface area contributed by atoms with Gasteiger partial charge in [-0.05, 0) is 61.8 Å². The number of phenols is 1. The van der Waals surface area contributed by atoms with Gasteiger partial charge in [-0.1, -0.05) is 24.2 Å². The van der Waals surface area contributed by atoms with Crippen LogP contribution >= 0.6 is 0 Å². The minimum atomic E-state index is -3.14. The van der Waals surface area contributed by atoms with Crippen LogP contribution in [0.25, 0.3) is 1.43 Å². The van der Waals surface area contributed by atoms with E-state index in [4.69, 9.17) is 31.7 Å². The van der Waals surface area contributed by atoms with E-state index in [0.717, 1.165) is 6.92 Å². The van der Waals surface area contributed by atoms with Crippen LogP contribution in [0, 0.1) is 35.4 Å². The molecule has 0 aliphatic heterocycles. The topological polar surface area (TPSA) is 316 Å². The lowest BCUT2D eigenvalue weighted by Crippen LogP contribution is -2.50. The third kappa shape index (κ3) is 5.19. The number of amides is 2. The Balaban J connectivity index is 0.000000212. The van der Waals surface area contributed by atoms with E-state index in [9.17, 15) is 55.7 Å². The Kier molecular flexibility index (Phi) is 5.18. The van der Waals surface area contributed by atoms with E-state index in [0.29, 0.717) is 0 Å². The number of Topliss-reactive ketones (excluding diaryl/α,β-unsaturated/α-hetero) is 3. The first kappa shape index (κ1) is 23.0. The van der Waals surface area contributed by atoms with Crippen molar-refractivity contribution < 1.29 is 87.5 Å². The van der Waals surface area contributed by atoms with Gasteiger partial charge in [-0.2, -0.15) is 0 Å². The van der Waals surface area contributed by atoms with Crippen LogP contribution in [-0.4, -0.2) is 84.3 Å². The molecule has 7 aliphatic carbocycles. The lowest BCUT2D eigenvalue weighted by Gasteiger charge is -2.48. The van der Waals surface area contributed by atoms with Crippen molar-refractivity contribution in [3.63, 3.8) is 0 Å². The molecule has 1 aromatic carbocycles. The van der Waals surface area contributed by atoms with Gasteiger partial charge >= 0.3 is 0 Å². The number of nitrogens with two attached hydrogens (primary N) is 2. The first-order valence-corrected chi connectivity index (χ1v) is 16.4.